The lowest BCUT2D eigenvalue weighted by atomic mass is 10.1. The van der Waals surface area contributed by atoms with Crippen molar-refractivity contribution in [3.8, 4) is 0 Å². The van der Waals surface area contributed by atoms with Crippen LogP contribution < -0.4 is 5.32 Å². The minimum absolute atomic E-state index is 0.210. The fourth-order valence-electron chi connectivity index (χ4n) is 2.53. The minimum Gasteiger partial charge on any atom is -0.459 e. The zero-order valence-electron chi connectivity index (χ0n) is 15.5. The highest BCUT2D eigenvalue weighted by molar-refractivity contribution is 6.06. The Morgan fingerprint density at radius 2 is 1.79 bits per heavy atom. The van der Waals surface area contributed by atoms with Crippen molar-refractivity contribution in [2.45, 2.75) is 13.0 Å². The van der Waals surface area contributed by atoms with E-state index in [9.17, 15) is 9.70 Å². The highest BCUT2D eigenvalue weighted by atomic mass is 16.5. The van der Waals surface area contributed by atoms with Gasteiger partial charge in [0.1, 0.15) is 6.04 Å². The van der Waals surface area contributed by atoms with Crippen LogP contribution in [-0.2, 0) is 4.74 Å². The molecular formula is C21H18N4O4. The fourth-order valence-corrected chi connectivity index (χ4v) is 2.53. The van der Waals surface area contributed by atoms with Gasteiger partial charge in [-0.15, -0.1) is 0 Å². The molecule has 146 valence electrons. The molecular weight excluding hydrogens is 372 g/mol. The molecule has 1 aromatic heterocycles. The van der Waals surface area contributed by atoms with E-state index in [-0.39, 0.29) is 23.5 Å². The lowest BCUT2D eigenvalue weighted by Gasteiger charge is -2.10. The number of hydrogen-bond donors (Lipinski definition) is 3. The molecule has 8 heteroatoms. The van der Waals surface area contributed by atoms with Crippen molar-refractivity contribution in [3.63, 3.8) is 0 Å². The molecule has 1 heterocycles. The maximum Gasteiger partial charge on any atom is 0.257 e. The van der Waals surface area contributed by atoms with E-state index in [1.807, 2.05) is 0 Å². The molecule has 0 bridgehead atoms. The number of benzene rings is 2. The Morgan fingerprint density at radius 3 is 2.45 bits per heavy atom. The molecule has 0 spiro atoms. The van der Waals surface area contributed by atoms with Crippen LogP contribution in [0.15, 0.2) is 76.5 Å². The van der Waals surface area contributed by atoms with Crippen LogP contribution in [0, 0.1) is 15.7 Å². The third kappa shape index (κ3) is 4.81. The molecule has 1 amide bonds. The Kier molecular flexibility index (Phi) is 5.94. The summed E-state index contributed by atoms with van der Waals surface area (Å²) in [6, 6.07) is 15.9. The quantitative estimate of drug-likeness (QED) is 0.319. The van der Waals surface area contributed by atoms with Crippen molar-refractivity contribution < 1.29 is 13.9 Å². The molecule has 3 rings (SSSR count). The number of furan rings is 1. The first kappa shape index (κ1) is 19.7. The van der Waals surface area contributed by atoms with Gasteiger partial charge in [0.25, 0.3) is 11.8 Å². The summed E-state index contributed by atoms with van der Waals surface area (Å²) in [6.45, 7) is 1.68. The largest absolute Gasteiger partial charge is 0.459 e. The number of hydrogen-bond acceptors (Lipinski definition) is 7. The minimum atomic E-state index is -0.477. The lowest BCUT2D eigenvalue weighted by molar-refractivity contribution is 0.102. The predicted octanol–water partition coefficient (Wildman–Crippen LogP) is 4.73. The van der Waals surface area contributed by atoms with Crippen LogP contribution in [0.25, 0.3) is 0 Å². The maximum absolute atomic E-state index is 12.5. The highest BCUT2D eigenvalue weighted by Crippen LogP contribution is 2.18. The topological polar surface area (TPSA) is 129 Å². The molecule has 0 saturated carbocycles. The number of ether oxygens (including phenoxy) is 1. The summed E-state index contributed by atoms with van der Waals surface area (Å²) in [6.07, 6.45) is 1.41. The van der Waals surface area contributed by atoms with Crippen LogP contribution in [0.1, 0.15) is 40.2 Å². The van der Waals surface area contributed by atoms with Crippen LogP contribution in [0.5, 0.6) is 0 Å². The van der Waals surface area contributed by atoms with E-state index in [1.54, 1.807) is 67.6 Å². The van der Waals surface area contributed by atoms with E-state index in [0.29, 0.717) is 16.8 Å². The predicted molar refractivity (Wildman–Crippen MR) is 108 cm³/mol. The van der Waals surface area contributed by atoms with Gasteiger partial charge in [-0.25, -0.2) is 0 Å². The zero-order chi connectivity index (χ0) is 20.8. The van der Waals surface area contributed by atoms with Crippen molar-refractivity contribution >= 4 is 23.4 Å². The third-order valence-corrected chi connectivity index (χ3v) is 4.15. The van der Waals surface area contributed by atoms with E-state index >= 15 is 0 Å². The SMILES string of the molecule is CC(N=O)c1ccc(C(=O)Nc2cccc(C(=N)OC(=N)c3ccco3)c2)cc1. The van der Waals surface area contributed by atoms with Gasteiger partial charge in [-0.3, -0.25) is 15.6 Å². The summed E-state index contributed by atoms with van der Waals surface area (Å²) < 4.78 is 10.3. The molecule has 0 radical (unpaired) electrons. The fraction of sp³-hybridized carbons (Fsp3) is 0.0952. The first-order chi connectivity index (χ1) is 14.0. The maximum atomic E-state index is 12.5. The number of nitroso groups, excluding NO2 is 1. The molecule has 1 atom stereocenters. The lowest BCUT2D eigenvalue weighted by Crippen LogP contribution is -2.14. The van der Waals surface area contributed by atoms with Crippen LogP contribution >= 0.6 is 0 Å². The Bertz CT molecular complexity index is 1040. The summed E-state index contributed by atoms with van der Waals surface area (Å²) in [5.41, 5.74) is 2.00. The van der Waals surface area contributed by atoms with Crippen molar-refractivity contribution in [2.75, 3.05) is 5.32 Å². The van der Waals surface area contributed by atoms with E-state index in [1.165, 1.54) is 6.26 Å². The van der Waals surface area contributed by atoms with Gasteiger partial charge in [-0.1, -0.05) is 23.4 Å². The molecule has 2 aromatic carbocycles. The highest BCUT2D eigenvalue weighted by Gasteiger charge is 2.13. The average molecular weight is 390 g/mol. The van der Waals surface area contributed by atoms with Crippen LogP contribution in [0.3, 0.4) is 0 Å². The van der Waals surface area contributed by atoms with E-state index in [2.05, 4.69) is 10.5 Å². The van der Waals surface area contributed by atoms with Gasteiger partial charge < -0.3 is 14.5 Å². The van der Waals surface area contributed by atoms with Crippen molar-refractivity contribution in [3.05, 3.63) is 94.3 Å². The van der Waals surface area contributed by atoms with Gasteiger partial charge in [-0.2, -0.15) is 4.91 Å². The summed E-state index contributed by atoms with van der Waals surface area (Å²) in [7, 11) is 0. The van der Waals surface area contributed by atoms with Crippen LogP contribution in [0.4, 0.5) is 5.69 Å². The second kappa shape index (κ2) is 8.75. The summed E-state index contributed by atoms with van der Waals surface area (Å²) in [4.78, 5) is 23.1. The van der Waals surface area contributed by atoms with Crippen LogP contribution in [-0.4, -0.2) is 17.7 Å². The molecule has 0 saturated heterocycles. The number of anilines is 1. The first-order valence-electron chi connectivity index (χ1n) is 8.71. The molecule has 0 fully saturated rings. The van der Waals surface area contributed by atoms with Crippen molar-refractivity contribution in [1.82, 2.24) is 0 Å². The number of carbonyl (C=O) groups is 1. The number of nitrogens with one attached hydrogen (secondary N) is 3. The molecule has 0 aliphatic heterocycles. The smallest absolute Gasteiger partial charge is 0.257 e. The molecule has 0 aliphatic carbocycles. The molecule has 1 unspecified atom stereocenters. The van der Waals surface area contributed by atoms with Gasteiger partial charge in [0.15, 0.2) is 5.76 Å². The summed E-state index contributed by atoms with van der Waals surface area (Å²) >= 11 is 0. The third-order valence-electron chi connectivity index (χ3n) is 4.15. The van der Waals surface area contributed by atoms with E-state index in [0.717, 1.165) is 5.56 Å². The molecule has 0 aliphatic rings. The number of amides is 1. The second-order valence-corrected chi connectivity index (χ2v) is 6.18. The second-order valence-electron chi connectivity index (χ2n) is 6.18. The first-order valence-corrected chi connectivity index (χ1v) is 8.71. The Labute approximate surface area is 166 Å². The monoisotopic (exact) mass is 390 g/mol. The summed E-state index contributed by atoms with van der Waals surface area (Å²) in [5.74, 6) is -0.659. The van der Waals surface area contributed by atoms with E-state index in [4.69, 9.17) is 20.0 Å². The van der Waals surface area contributed by atoms with Gasteiger partial charge >= 0.3 is 0 Å². The molecule has 29 heavy (non-hydrogen) atoms. The zero-order valence-corrected chi connectivity index (χ0v) is 15.5. The Morgan fingerprint density at radius 1 is 1.03 bits per heavy atom. The van der Waals surface area contributed by atoms with Crippen molar-refractivity contribution in [2.24, 2.45) is 5.18 Å². The van der Waals surface area contributed by atoms with Crippen LogP contribution in [0.2, 0.25) is 0 Å². The Hall–Kier alpha value is -4.07. The molecule has 8 nitrogen and oxygen atoms in total. The average Bonchev–Trinajstić information content (AvgIpc) is 3.28. The van der Waals surface area contributed by atoms with Gasteiger partial charge in [0, 0.05) is 16.8 Å². The number of nitrogens with zero attached hydrogens (tertiary/aromatic N) is 1. The normalized spacial score (nSPS) is 11.3. The number of rotatable bonds is 6. The van der Waals surface area contributed by atoms with Gasteiger partial charge in [0.05, 0.1) is 6.26 Å². The van der Waals surface area contributed by atoms with Gasteiger partial charge in [0.2, 0.25) is 5.90 Å². The molecule has 3 aromatic rings. The summed E-state index contributed by atoms with van der Waals surface area (Å²) in [5, 5.41) is 21.6. The van der Waals surface area contributed by atoms with E-state index < -0.39 is 6.04 Å². The van der Waals surface area contributed by atoms with Crippen molar-refractivity contribution in [1.29, 1.82) is 10.8 Å². The van der Waals surface area contributed by atoms with Gasteiger partial charge in [-0.05, 0) is 55.0 Å². The number of carbonyl (C=O) groups excluding carboxylic acids is 1. The Balaban J connectivity index is 1.67. The molecule has 3 N–H and O–H groups in total. The standard InChI is InChI=1S/C21H18N4O4/c1-13(25-27)14-7-9-15(10-8-14)21(26)24-17-5-2-4-16(12-17)19(22)29-20(23)18-6-3-11-28-18/h2-13,22-23H,1H3,(H,24,26).